The maximum absolute atomic E-state index is 13.1. The summed E-state index contributed by atoms with van der Waals surface area (Å²) in [5.41, 5.74) is 2.86. The van der Waals surface area contributed by atoms with Crippen molar-refractivity contribution >= 4 is 17.3 Å². The molecule has 0 saturated carbocycles. The molecular weight excluding hydrogens is 426 g/mol. The van der Waals surface area contributed by atoms with Crippen LogP contribution in [0.3, 0.4) is 0 Å². The Morgan fingerprint density at radius 2 is 1.85 bits per heavy atom. The van der Waals surface area contributed by atoms with Gasteiger partial charge in [-0.25, -0.2) is 4.68 Å². The van der Waals surface area contributed by atoms with E-state index < -0.39 is 4.92 Å². The molecule has 1 aliphatic heterocycles. The summed E-state index contributed by atoms with van der Waals surface area (Å²) in [6, 6.07) is 13.5. The van der Waals surface area contributed by atoms with Gasteiger partial charge in [0.25, 0.3) is 11.6 Å². The van der Waals surface area contributed by atoms with Crippen molar-refractivity contribution in [1.82, 2.24) is 19.9 Å². The van der Waals surface area contributed by atoms with Crippen LogP contribution in [0, 0.1) is 28.4 Å². The van der Waals surface area contributed by atoms with Crippen LogP contribution in [0.25, 0.3) is 5.69 Å². The predicted molar refractivity (Wildman–Crippen MR) is 119 cm³/mol. The maximum Gasteiger partial charge on any atom is 0.276 e. The van der Waals surface area contributed by atoms with Gasteiger partial charge in [-0.3, -0.25) is 14.9 Å². The number of carbonyl (C=O) groups excluding carboxylic acids is 1. The highest BCUT2D eigenvalue weighted by molar-refractivity contribution is 5.93. The third-order valence-corrected chi connectivity index (χ3v) is 5.62. The quantitative estimate of drug-likeness (QED) is 0.430. The molecule has 11 nitrogen and oxygen atoms in total. The normalized spacial score (nSPS) is 13.5. The van der Waals surface area contributed by atoms with Crippen LogP contribution in [0.1, 0.15) is 21.7 Å². The van der Waals surface area contributed by atoms with Gasteiger partial charge in [-0.1, -0.05) is 5.21 Å². The summed E-state index contributed by atoms with van der Waals surface area (Å²) in [7, 11) is 1.47. The molecule has 0 aliphatic carbocycles. The topological polar surface area (TPSA) is 130 Å². The highest BCUT2D eigenvalue weighted by Gasteiger charge is 2.28. The lowest BCUT2D eigenvalue weighted by molar-refractivity contribution is -0.384. The first-order valence-corrected chi connectivity index (χ1v) is 10.2. The molecule has 4 rings (SSSR count). The molecule has 1 saturated heterocycles. The summed E-state index contributed by atoms with van der Waals surface area (Å²) < 4.78 is 6.92. The third kappa shape index (κ3) is 4.18. The standard InChI is InChI=1S/C22H21N7O4/c1-15-21(24-25-28(15)17-5-3-16(14-23)4-6-17)22(30)27-11-9-26(10-12-27)19-8-7-18(29(31)32)13-20(19)33-2/h3-8,13H,9-12H2,1-2H3. The molecule has 0 spiro atoms. The molecule has 1 aliphatic rings. The van der Waals surface area contributed by atoms with E-state index in [4.69, 9.17) is 10.00 Å². The molecule has 1 fully saturated rings. The number of amides is 1. The van der Waals surface area contributed by atoms with Gasteiger partial charge in [0.1, 0.15) is 5.75 Å². The summed E-state index contributed by atoms with van der Waals surface area (Å²) in [5, 5.41) is 28.2. The molecule has 168 valence electrons. The van der Waals surface area contributed by atoms with Crippen molar-refractivity contribution in [3.63, 3.8) is 0 Å². The predicted octanol–water partition coefficient (Wildman–Crippen LogP) is 2.33. The second kappa shape index (κ2) is 8.96. The van der Waals surface area contributed by atoms with E-state index in [1.54, 1.807) is 46.8 Å². The lowest BCUT2D eigenvalue weighted by Crippen LogP contribution is -2.49. The minimum absolute atomic E-state index is 0.0368. The number of nitro groups is 1. The van der Waals surface area contributed by atoms with Gasteiger partial charge in [0.05, 0.1) is 46.8 Å². The SMILES string of the molecule is COc1cc([N+](=O)[O-])ccc1N1CCN(C(=O)c2nnn(-c3ccc(C#N)cc3)c2C)CC1. The number of anilines is 1. The molecule has 0 atom stereocenters. The molecule has 1 aromatic heterocycles. The number of aromatic nitrogens is 3. The molecule has 11 heteroatoms. The first-order valence-electron chi connectivity index (χ1n) is 10.2. The number of piperazine rings is 1. The zero-order valence-electron chi connectivity index (χ0n) is 18.1. The van der Waals surface area contributed by atoms with Crippen molar-refractivity contribution in [2.75, 3.05) is 38.2 Å². The number of carbonyl (C=O) groups is 1. The van der Waals surface area contributed by atoms with Gasteiger partial charge in [-0.15, -0.1) is 5.10 Å². The van der Waals surface area contributed by atoms with Gasteiger partial charge >= 0.3 is 0 Å². The largest absolute Gasteiger partial charge is 0.494 e. The van der Waals surface area contributed by atoms with Gasteiger partial charge < -0.3 is 14.5 Å². The average Bonchev–Trinajstić information content (AvgIpc) is 3.24. The van der Waals surface area contributed by atoms with E-state index in [9.17, 15) is 14.9 Å². The molecule has 1 amide bonds. The van der Waals surface area contributed by atoms with Crippen molar-refractivity contribution in [2.45, 2.75) is 6.92 Å². The van der Waals surface area contributed by atoms with Crippen molar-refractivity contribution in [3.8, 4) is 17.5 Å². The Morgan fingerprint density at radius 3 is 2.45 bits per heavy atom. The number of nitriles is 1. The number of non-ortho nitro benzene ring substituents is 1. The van der Waals surface area contributed by atoms with E-state index in [1.165, 1.54) is 19.2 Å². The van der Waals surface area contributed by atoms with Gasteiger partial charge in [-0.2, -0.15) is 5.26 Å². The zero-order chi connectivity index (χ0) is 23.5. The second-order valence-corrected chi connectivity index (χ2v) is 7.49. The van der Waals surface area contributed by atoms with Gasteiger partial charge in [-0.05, 0) is 37.3 Å². The van der Waals surface area contributed by atoms with E-state index in [0.29, 0.717) is 48.9 Å². The average molecular weight is 447 g/mol. The summed E-state index contributed by atoms with van der Waals surface area (Å²) in [6.07, 6.45) is 0. The number of benzene rings is 2. The first-order chi connectivity index (χ1) is 15.9. The van der Waals surface area contributed by atoms with Crippen LogP contribution in [-0.4, -0.2) is 64.0 Å². The Kier molecular flexibility index (Phi) is 5.91. The lowest BCUT2D eigenvalue weighted by atomic mass is 10.2. The van der Waals surface area contributed by atoms with Crippen LogP contribution in [0.2, 0.25) is 0 Å². The van der Waals surface area contributed by atoms with Crippen molar-refractivity contribution < 1.29 is 14.5 Å². The number of hydrogen-bond acceptors (Lipinski definition) is 8. The smallest absolute Gasteiger partial charge is 0.276 e. The molecule has 2 aromatic carbocycles. The fourth-order valence-electron chi connectivity index (χ4n) is 3.79. The summed E-state index contributed by atoms with van der Waals surface area (Å²) in [4.78, 5) is 27.4. The Morgan fingerprint density at radius 1 is 1.15 bits per heavy atom. The Hall–Kier alpha value is -4.46. The van der Waals surface area contributed by atoms with Crippen molar-refractivity contribution in [2.24, 2.45) is 0 Å². The first kappa shape index (κ1) is 21.8. The zero-order valence-corrected chi connectivity index (χ0v) is 18.1. The highest BCUT2D eigenvalue weighted by Crippen LogP contribution is 2.32. The number of ether oxygens (including phenoxy) is 1. The molecule has 0 radical (unpaired) electrons. The monoisotopic (exact) mass is 447 g/mol. The van der Waals surface area contributed by atoms with E-state index in [2.05, 4.69) is 16.4 Å². The number of hydrogen-bond donors (Lipinski definition) is 0. The molecular formula is C22H21N7O4. The van der Waals surface area contributed by atoms with Crippen LogP contribution in [0.5, 0.6) is 5.75 Å². The van der Waals surface area contributed by atoms with E-state index in [0.717, 1.165) is 5.69 Å². The minimum Gasteiger partial charge on any atom is -0.494 e. The Balaban J connectivity index is 1.46. The van der Waals surface area contributed by atoms with Crippen LogP contribution >= 0.6 is 0 Å². The fraction of sp³-hybridized carbons (Fsp3) is 0.273. The van der Waals surface area contributed by atoms with E-state index in [-0.39, 0.29) is 17.3 Å². The summed E-state index contributed by atoms with van der Waals surface area (Å²) in [5.74, 6) is 0.216. The molecule has 0 N–H and O–H groups in total. The third-order valence-electron chi connectivity index (χ3n) is 5.62. The van der Waals surface area contributed by atoms with Crippen LogP contribution in [-0.2, 0) is 0 Å². The lowest BCUT2D eigenvalue weighted by Gasteiger charge is -2.36. The summed E-state index contributed by atoms with van der Waals surface area (Å²) >= 11 is 0. The maximum atomic E-state index is 13.1. The number of rotatable bonds is 5. The molecule has 0 bridgehead atoms. The van der Waals surface area contributed by atoms with Crippen LogP contribution < -0.4 is 9.64 Å². The van der Waals surface area contributed by atoms with Crippen molar-refractivity contribution in [1.29, 1.82) is 5.26 Å². The van der Waals surface area contributed by atoms with E-state index >= 15 is 0 Å². The van der Waals surface area contributed by atoms with Crippen LogP contribution in [0.15, 0.2) is 42.5 Å². The molecule has 33 heavy (non-hydrogen) atoms. The van der Waals surface area contributed by atoms with Gasteiger partial charge in [0.15, 0.2) is 5.69 Å². The number of nitro benzene ring substituents is 1. The Labute approximate surface area is 189 Å². The van der Waals surface area contributed by atoms with E-state index in [1.807, 2.05) is 4.90 Å². The Bertz CT molecular complexity index is 1240. The second-order valence-electron chi connectivity index (χ2n) is 7.49. The van der Waals surface area contributed by atoms with Gasteiger partial charge in [0.2, 0.25) is 0 Å². The van der Waals surface area contributed by atoms with Crippen LogP contribution in [0.4, 0.5) is 11.4 Å². The molecule has 0 unspecified atom stereocenters. The fourth-order valence-corrected chi connectivity index (χ4v) is 3.79. The summed E-state index contributed by atoms with van der Waals surface area (Å²) in [6.45, 7) is 3.79. The van der Waals surface area contributed by atoms with Gasteiger partial charge in [0, 0.05) is 32.2 Å². The number of nitrogens with zero attached hydrogens (tertiary/aromatic N) is 7. The number of methoxy groups -OCH3 is 1. The minimum atomic E-state index is -0.462. The highest BCUT2D eigenvalue weighted by atomic mass is 16.6. The molecule has 2 heterocycles. The molecule has 3 aromatic rings. The van der Waals surface area contributed by atoms with Crippen molar-refractivity contribution in [3.05, 3.63) is 69.5 Å².